The summed E-state index contributed by atoms with van der Waals surface area (Å²) in [5, 5.41) is 7.76. The summed E-state index contributed by atoms with van der Waals surface area (Å²) in [6.45, 7) is 0.834. The Morgan fingerprint density at radius 1 is 1.35 bits per heavy atom. The Labute approximate surface area is 100 Å². The van der Waals surface area contributed by atoms with Gasteiger partial charge in [0.25, 0.3) is 0 Å². The zero-order valence-electron chi connectivity index (χ0n) is 9.62. The number of nitrogens with zero attached hydrogens (tertiary/aromatic N) is 3. The number of aromatic nitrogens is 3. The molecule has 2 aromatic rings. The molecular weight excluding hydrogens is 214 g/mol. The smallest absolute Gasteiger partial charge is 0.121 e. The average Bonchev–Trinajstić information content (AvgIpc) is 2.81. The standard InChI is InChI=1S/C13H15N3O/c1-3-11(4-1)10-17-13-6-2-5-12(9-13)16-8-7-14-15-16/h2,5-9,11H,1,3-4,10H2. The van der Waals surface area contributed by atoms with Gasteiger partial charge in [-0.25, -0.2) is 4.68 Å². The predicted molar refractivity (Wildman–Crippen MR) is 64.2 cm³/mol. The maximum Gasteiger partial charge on any atom is 0.121 e. The van der Waals surface area contributed by atoms with E-state index in [0.717, 1.165) is 24.0 Å². The lowest BCUT2D eigenvalue weighted by Gasteiger charge is -2.25. The fourth-order valence-electron chi connectivity index (χ4n) is 1.94. The van der Waals surface area contributed by atoms with Gasteiger partial charge in [-0.15, -0.1) is 5.10 Å². The van der Waals surface area contributed by atoms with E-state index in [9.17, 15) is 0 Å². The molecule has 1 aliphatic rings. The minimum Gasteiger partial charge on any atom is -0.493 e. The summed E-state index contributed by atoms with van der Waals surface area (Å²) in [6.07, 6.45) is 7.46. The van der Waals surface area contributed by atoms with Crippen LogP contribution < -0.4 is 4.74 Å². The van der Waals surface area contributed by atoms with Crippen LogP contribution in [0.5, 0.6) is 5.75 Å². The number of hydrogen-bond acceptors (Lipinski definition) is 3. The molecule has 4 heteroatoms. The first-order valence-electron chi connectivity index (χ1n) is 6.01. The fourth-order valence-corrected chi connectivity index (χ4v) is 1.94. The van der Waals surface area contributed by atoms with Gasteiger partial charge in [0.15, 0.2) is 0 Å². The highest BCUT2D eigenvalue weighted by molar-refractivity contribution is 5.38. The molecular formula is C13H15N3O. The Kier molecular flexibility index (Phi) is 2.78. The number of benzene rings is 1. The minimum atomic E-state index is 0.755. The lowest BCUT2D eigenvalue weighted by atomic mass is 9.86. The van der Waals surface area contributed by atoms with Crippen molar-refractivity contribution in [2.45, 2.75) is 19.3 Å². The SMILES string of the molecule is c1cc(OCC2CCC2)cc(-n2ccnn2)c1. The Hall–Kier alpha value is -1.84. The van der Waals surface area contributed by atoms with E-state index in [4.69, 9.17) is 4.74 Å². The van der Waals surface area contributed by atoms with Crippen molar-refractivity contribution >= 4 is 0 Å². The second kappa shape index (κ2) is 4.57. The summed E-state index contributed by atoms with van der Waals surface area (Å²) in [5.74, 6) is 1.66. The van der Waals surface area contributed by atoms with Gasteiger partial charge in [0.1, 0.15) is 5.75 Å². The van der Waals surface area contributed by atoms with Crippen LogP contribution >= 0.6 is 0 Å². The molecule has 0 aliphatic heterocycles. The van der Waals surface area contributed by atoms with Crippen LogP contribution in [0.25, 0.3) is 5.69 Å². The van der Waals surface area contributed by atoms with Crippen LogP contribution in [0.2, 0.25) is 0 Å². The van der Waals surface area contributed by atoms with E-state index in [1.165, 1.54) is 19.3 Å². The molecule has 1 aliphatic carbocycles. The summed E-state index contributed by atoms with van der Waals surface area (Å²) in [7, 11) is 0. The average molecular weight is 229 g/mol. The minimum absolute atomic E-state index is 0.755. The molecule has 1 saturated carbocycles. The van der Waals surface area contributed by atoms with E-state index in [1.54, 1.807) is 10.9 Å². The molecule has 3 rings (SSSR count). The van der Waals surface area contributed by atoms with Gasteiger partial charge in [0, 0.05) is 6.07 Å². The first kappa shape index (κ1) is 10.3. The topological polar surface area (TPSA) is 39.9 Å². The third-order valence-corrected chi connectivity index (χ3v) is 3.22. The molecule has 1 fully saturated rings. The van der Waals surface area contributed by atoms with Gasteiger partial charge in [-0.3, -0.25) is 0 Å². The normalized spacial score (nSPS) is 15.5. The Bertz CT molecular complexity index is 477. The molecule has 0 radical (unpaired) electrons. The molecule has 4 nitrogen and oxygen atoms in total. The van der Waals surface area contributed by atoms with Crippen LogP contribution in [0.4, 0.5) is 0 Å². The van der Waals surface area contributed by atoms with Crippen molar-refractivity contribution in [3.63, 3.8) is 0 Å². The zero-order valence-corrected chi connectivity index (χ0v) is 9.62. The second-order valence-corrected chi connectivity index (χ2v) is 4.45. The van der Waals surface area contributed by atoms with Crippen molar-refractivity contribution in [1.29, 1.82) is 0 Å². The van der Waals surface area contributed by atoms with Crippen molar-refractivity contribution in [1.82, 2.24) is 15.0 Å². The molecule has 0 atom stereocenters. The van der Waals surface area contributed by atoms with E-state index < -0.39 is 0 Å². The lowest BCUT2D eigenvalue weighted by Crippen LogP contribution is -2.19. The molecule has 88 valence electrons. The Balaban J connectivity index is 1.70. The summed E-state index contributed by atoms with van der Waals surface area (Å²) in [4.78, 5) is 0. The van der Waals surface area contributed by atoms with Gasteiger partial charge in [0.2, 0.25) is 0 Å². The van der Waals surface area contributed by atoms with Crippen LogP contribution in [-0.2, 0) is 0 Å². The van der Waals surface area contributed by atoms with E-state index in [-0.39, 0.29) is 0 Å². The quantitative estimate of drug-likeness (QED) is 0.808. The molecule has 1 aromatic carbocycles. The molecule has 1 heterocycles. The van der Waals surface area contributed by atoms with Crippen LogP contribution in [-0.4, -0.2) is 21.6 Å². The molecule has 0 saturated heterocycles. The van der Waals surface area contributed by atoms with Crippen molar-refractivity contribution in [2.75, 3.05) is 6.61 Å². The van der Waals surface area contributed by atoms with Crippen molar-refractivity contribution in [3.05, 3.63) is 36.7 Å². The van der Waals surface area contributed by atoms with Gasteiger partial charge >= 0.3 is 0 Å². The van der Waals surface area contributed by atoms with E-state index in [1.807, 2.05) is 30.5 Å². The molecule has 0 spiro atoms. The maximum atomic E-state index is 5.79. The number of rotatable bonds is 4. The van der Waals surface area contributed by atoms with Crippen molar-refractivity contribution in [2.24, 2.45) is 5.92 Å². The zero-order chi connectivity index (χ0) is 11.5. The largest absolute Gasteiger partial charge is 0.493 e. The fraction of sp³-hybridized carbons (Fsp3) is 0.385. The van der Waals surface area contributed by atoms with Crippen LogP contribution in [0, 0.1) is 5.92 Å². The molecule has 1 aromatic heterocycles. The molecule has 0 amide bonds. The van der Waals surface area contributed by atoms with Crippen molar-refractivity contribution in [3.8, 4) is 11.4 Å². The van der Waals surface area contributed by atoms with Gasteiger partial charge < -0.3 is 4.74 Å². The lowest BCUT2D eigenvalue weighted by molar-refractivity contribution is 0.180. The first-order chi connectivity index (χ1) is 8.42. The number of hydrogen-bond donors (Lipinski definition) is 0. The first-order valence-corrected chi connectivity index (χ1v) is 6.01. The number of ether oxygens (including phenoxy) is 1. The summed E-state index contributed by atoms with van der Waals surface area (Å²) in [5.41, 5.74) is 0.980. The third kappa shape index (κ3) is 2.30. The summed E-state index contributed by atoms with van der Waals surface area (Å²) in [6, 6.07) is 7.95. The van der Waals surface area contributed by atoms with Gasteiger partial charge in [-0.1, -0.05) is 17.7 Å². The molecule has 17 heavy (non-hydrogen) atoms. The van der Waals surface area contributed by atoms with E-state index >= 15 is 0 Å². The van der Waals surface area contributed by atoms with Gasteiger partial charge in [0.05, 0.1) is 24.7 Å². The van der Waals surface area contributed by atoms with Crippen LogP contribution in [0.15, 0.2) is 36.7 Å². The highest BCUT2D eigenvalue weighted by Crippen LogP contribution is 2.27. The highest BCUT2D eigenvalue weighted by Gasteiger charge is 2.17. The van der Waals surface area contributed by atoms with Gasteiger partial charge in [-0.05, 0) is 30.9 Å². The molecule has 0 bridgehead atoms. The maximum absolute atomic E-state index is 5.79. The third-order valence-electron chi connectivity index (χ3n) is 3.22. The highest BCUT2D eigenvalue weighted by atomic mass is 16.5. The Morgan fingerprint density at radius 3 is 3.00 bits per heavy atom. The summed E-state index contributed by atoms with van der Waals surface area (Å²) >= 11 is 0. The van der Waals surface area contributed by atoms with Crippen LogP contribution in [0.1, 0.15) is 19.3 Å². The predicted octanol–water partition coefficient (Wildman–Crippen LogP) is 2.45. The molecule has 0 N–H and O–H groups in total. The van der Waals surface area contributed by atoms with Crippen molar-refractivity contribution < 1.29 is 4.74 Å². The van der Waals surface area contributed by atoms with E-state index in [2.05, 4.69) is 10.3 Å². The molecule has 0 unspecified atom stereocenters. The van der Waals surface area contributed by atoms with Gasteiger partial charge in [-0.2, -0.15) is 0 Å². The van der Waals surface area contributed by atoms with E-state index in [0.29, 0.717) is 0 Å². The monoisotopic (exact) mass is 229 g/mol. The Morgan fingerprint density at radius 2 is 2.29 bits per heavy atom. The summed E-state index contributed by atoms with van der Waals surface area (Å²) < 4.78 is 7.52. The second-order valence-electron chi connectivity index (χ2n) is 4.45. The van der Waals surface area contributed by atoms with Crippen LogP contribution in [0.3, 0.4) is 0 Å².